The monoisotopic (exact) mass is 448 g/mol. The molecule has 0 bridgehead atoms. The maximum absolute atomic E-state index is 13.1. The molecule has 2 N–H and O–H groups in total. The number of carbonyl (C=O) groups excluding carboxylic acids is 2. The summed E-state index contributed by atoms with van der Waals surface area (Å²) in [4.78, 5) is 25.1. The predicted octanol–water partition coefficient (Wildman–Crippen LogP) is 5.57. The van der Waals surface area contributed by atoms with Crippen LogP contribution in [0.1, 0.15) is 61.4 Å². The maximum atomic E-state index is 13.1. The lowest BCUT2D eigenvalue weighted by atomic mass is 9.68. The Bertz CT molecular complexity index is 1070. The highest BCUT2D eigenvalue weighted by atomic mass is 16.5. The van der Waals surface area contributed by atoms with Gasteiger partial charge in [-0.15, -0.1) is 0 Å². The second-order valence-corrected chi connectivity index (χ2v) is 8.88. The summed E-state index contributed by atoms with van der Waals surface area (Å²) in [6, 6.07) is 17.9. The Balaban J connectivity index is 1.43. The van der Waals surface area contributed by atoms with Crippen LogP contribution in [-0.4, -0.2) is 31.2 Å². The van der Waals surface area contributed by atoms with Gasteiger partial charge in [-0.2, -0.15) is 0 Å². The molecule has 2 aromatic carbocycles. The van der Waals surface area contributed by atoms with Gasteiger partial charge in [0.2, 0.25) is 0 Å². The first-order chi connectivity index (χ1) is 16.1. The molecule has 6 heteroatoms. The number of rotatable bonds is 8. The minimum atomic E-state index is -0.333. The van der Waals surface area contributed by atoms with Crippen molar-refractivity contribution in [3.05, 3.63) is 72.0 Å². The Morgan fingerprint density at radius 3 is 2.61 bits per heavy atom. The summed E-state index contributed by atoms with van der Waals surface area (Å²) >= 11 is 0. The lowest BCUT2D eigenvalue weighted by Crippen LogP contribution is -2.47. The van der Waals surface area contributed by atoms with E-state index in [9.17, 15) is 9.59 Å². The summed E-state index contributed by atoms with van der Waals surface area (Å²) in [6.45, 7) is 3.05. The summed E-state index contributed by atoms with van der Waals surface area (Å²) < 4.78 is 10.8. The zero-order chi connectivity index (χ0) is 23.1. The number of fused-ring (bicyclic) bond motifs is 1. The molecule has 174 valence electrons. The van der Waals surface area contributed by atoms with Crippen molar-refractivity contribution in [2.24, 2.45) is 0 Å². The second-order valence-electron chi connectivity index (χ2n) is 8.88. The number of hydrogen-bond donors (Lipinski definition) is 2. The Morgan fingerprint density at radius 2 is 1.85 bits per heavy atom. The number of nitrogens with one attached hydrogen (secondary N) is 2. The van der Waals surface area contributed by atoms with Crippen LogP contribution < -0.4 is 10.6 Å². The average Bonchev–Trinajstić information content (AvgIpc) is 3.33. The van der Waals surface area contributed by atoms with Crippen LogP contribution in [0.4, 0.5) is 4.79 Å². The third-order valence-corrected chi connectivity index (χ3v) is 6.69. The summed E-state index contributed by atoms with van der Waals surface area (Å²) in [5.74, 6) is -0.134. The first-order valence-corrected chi connectivity index (χ1v) is 11.8. The molecule has 1 aliphatic rings. The number of amides is 2. The number of unbranched alkanes of at least 4 members (excludes halogenated alkanes) is 1. The van der Waals surface area contributed by atoms with Crippen molar-refractivity contribution < 1.29 is 18.7 Å². The van der Waals surface area contributed by atoms with E-state index in [0.717, 1.165) is 43.9 Å². The summed E-state index contributed by atoms with van der Waals surface area (Å²) in [7, 11) is 0. The van der Waals surface area contributed by atoms with Crippen LogP contribution in [-0.2, 0) is 10.2 Å². The Kier molecular flexibility index (Phi) is 7.33. The molecule has 0 unspecified atom stereocenters. The quantitative estimate of drug-likeness (QED) is 0.442. The van der Waals surface area contributed by atoms with Gasteiger partial charge >= 0.3 is 6.09 Å². The van der Waals surface area contributed by atoms with Gasteiger partial charge in [0, 0.05) is 23.4 Å². The smallest absolute Gasteiger partial charge is 0.407 e. The Morgan fingerprint density at radius 1 is 1.06 bits per heavy atom. The summed E-state index contributed by atoms with van der Waals surface area (Å²) in [6.07, 6.45) is 6.54. The van der Waals surface area contributed by atoms with Crippen molar-refractivity contribution in [2.75, 3.05) is 13.2 Å². The lowest BCUT2D eigenvalue weighted by Gasteiger charge is -2.41. The van der Waals surface area contributed by atoms with Gasteiger partial charge in [0.05, 0.1) is 18.4 Å². The van der Waals surface area contributed by atoms with E-state index in [4.69, 9.17) is 9.15 Å². The molecular formula is C27H32N2O4. The molecule has 0 radical (unpaired) electrons. The molecule has 0 saturated heterocycles. The van der Waals surface area contributed by atoms with Crippen LogP contribution >= 0.6 is 0 Å². The van der Waals surface area contributed by atoms with E-state index in [1.54, 1.807) is 12.3 Å². The molecule has 1 aromatic heterocycles. The highest BCUT2D eigenvalue weighted by molar-refractivity contribution is 6.04. The van der Waals surface area contributed by atoms with Crippen molar-refractivity contribution in [1.29, 1.82) is 0 Å². The third kappa shape index (κ3) is 5.38. The van der Waals surface area contributed by atoms with Gasteiger partial charge in [0.15, 0.2) is 0 Å². The minimum Gasteiger partial charge on any atom is -0.464 e. The van der Waals surface area contributed by atoms with Crippen LogP contribution in [0.3, 0.4) is 0 Å². The Labute approximate surface area is 194 Å². The molecule has 33 heavy (non-hydrogen) atoms. The number of carbonyl (C=O) groups is 2. The normalized spacial score (nSPS) is 20.3. The lowest BCUT2D eigenvalue weighted by molar-refractivity contribution is 0.0934. The van der Waals surface area contributed by atoms with Crippen LogP contribution in [0.25, 0.3) is 11.0 Å². The molecular weight excluding hydrogens is 416 g/mol. The van der Waals surface area contributed by atoms with E-state index in [1.165, 1.54) is 5.56 Å². The van der Waals surface area contributed by atoms with Crippen LogP contribution in [0.15, 0.2) is 65.3 Å². The van der Waals surface area contributed by atoms with E-state index in [-0.39, 0.29) is 23.5 Å². The fourth-order valence-corrected chi connectivity index (χ4v) is 4.71. The fourth-order valence-electron chi connectivity index (χ4n) is 4.71. The SMILES string of the molecule is CCCCOC(=O)NC1CCC(CNC(=O)c2cccc3ccoc23)(c2ccccc2)CC1. The molecule has 1 fully saturated rings. The van der Waals surface area contributed by atoms with Crippen molar-refractivity contribution in [1.82, 2.24) is 10.6 Å². The molecule has 0 atom stereocenters. The van der Waals surface area contributed by atoms with E-state index in [1.807, 2.05) is 36.4 Å². The minimum absolute atomic E-state index is 0.0866. The molecule has 1 heterocycles. The first-order valence-electron chi connectivity index (χ1n) is 11.8. The predicted molar refractivity (Wildman–Crippen MR) is 128 cm³/mol. The molecule has 3 aromatic rings. The molecule has 0 aliphatic heterocycles. The van der Waals surface area contributed by atoms with Gasteiger partial charge in [0.1, 0.15) is 5.58 Å². The number of benzene rings is 2. The molecule has 1 saturated carbocycles. The highest BCUT2D eigenvalue weighted by Crippen LogP contribution is 2.39. The molecule has 4 rings (SSSR count). The topological polar surface area (TPSA) is 80.6 Å². The number of para-hydroxylation sites is 1. The number of alkyl carbamates (subject to hydrolysis) is 1. The van der Waals surface area contributed by atoms with Crippen LogP contribution in [0.2, 0.25) is 0 Å². The van der Waals surface area contributed by atoms with E-state index < -0.39 is 0 Å². The number of furan rings is 1. The van der Waals surface area contributed by atoms with E-state index in [2.05, 4.69) is 29.7 Å². The largest absolute Gasteiger partial charge is 0.464 e. The van der Waals surface area contributed by atoms with Crippen LogP contribution in [0, 0.1) is 0 Å². The van der Waals surface area contributed by atoms with E-state index >= 15 is 0 Å². The van der Waals surface area contributed by atoms with Crippen molar-refractivity contribution in [3.8, 4) is 0 Å². The van der Waals surface area contributed by atoms with Gasteiger partial charge in [-0.05, 0) is 49.8 Å². The maximum Gasteiger partial charge on any atom is 0.407 e. The molecule has 1 aliphatic carbocycles. The average molecular weight is 449 g/mol. The standard InChI is InChI=1S/C27H32N2O4/c1-2-3-17-33-26(31)29-22-12-15-27(16-13-22,21-9-5-4-6-10-21)19-28-25(30)23-11-7-8-20-14-18-32-24(20)23/h4-11,14,18,22H,2-3,12-13,15-17,19H2,1H3,(H,28,30)(H,29,31). The summed E-state index contributed by atoms with van der Waals surface area (Å²) in [5, 5.41) is 7.10. The molecule has 2 amide bonds. The van der Waals surface area contributed by atoms with Gasteiger partial charge in [-0.25, -0.2) is 4.79 Å². The molecule has 6 nitrogen and oxygen atoms in total. The first kappa shape index (κ1) is 22.9. The van der Waals surface area contributed by atoms with Gasteiger partial charge in [-0.3, -0.25) is 4.79 Å². The summed E-state index contributed by atoms with van der Waals surface area (Å²) in [5.41, 5.74) is 2.19. The Hall–Kier alpha value is -3.28. The number of hydrogen-bond acceptors (Lipinski definition) is 4. The van der Waals surface area contributed by atoms with Crippen molar-refractivity contribution >= 4 is 23.0 Å². The van der Waals surface area contributed by atoms with Gasteiger partial charge in [-0.1, -0.05) is 55.8 Å². The zero-order valence-electron chi connectivity index (χ0n) is 19.1. The van der Waals surface area contributed by atoms with Crippen molar-refractivity contribution in [3.63, 3.8) is 0 Å². The van der Waals surface area contributed by atoms with E-state index in [0.29, 0.717) is 24.3 Å². The molecule has 0 spiro atoms. The van der Waals surface area contributed by atoms with Crippen LogP contribution in [0.5, 0.6) is 0 Å². The number of ether oxygens (including phenoxy) is 1. The van der Waals surface area contributed by atoms with Gasteiger partial charge in [0.25, 0.3) is 5.91 Å². The fraction of sp³-hybridized carbons (Fsp3) is 0.407. The highest BCUT2D eigenvalue weighted by Gasteiger charge is 2.37. The zero-order valence-corrected chi connectivity index (χ0v) is 19.1. The van der Waals surface area contributed by atoms with Crippen molar-refractivity contribution in [2.45, 2.75) is 56.9 Å². The third-order valence-electron chi connectivity index (χ3n) is 6.69. The second kappa shape index (κ2) is 10.6. The van der Waals surface area contributed by atoms with Gasteiger partial charge < -0.3 is 19.8 Å².